The van der Waals surface area contributed by atoms with E-state index in [9.17, 15) is 4.79 Å². The standard InChI is InChI=1S/C13H18N2O2/c1-10-5-3-4-6-11(10)13-14-9-12(16)15(13)7-8-17-2/h3-6,13-14H,7-9H2,1-2H3. The van der Waals surface area contributed by atoms with Gasteiger partial charge in [-0.1, -0.05) is 24.3 Å². The maximum Gasteiger partial charge on any atom is 0.238 e. The van der Waals surface area contributed by atoms with Crippen molar-refractivity contribution in [2.75, 3.05) is 26.8 Å². The molecule has 1 aliphatic heterocycles. The lowest BCUT2D eigenvalue weighted by Crippen LogP contribution is -2.33. The third-order valence-electron chi connectivity index (χ3n) is 3.10. The zero-order valence-electron chi connectivity index (χ0n) is 10.3. The van der Waals surface area contributed by atoms with Crippen LogP contribution in [0.4, 0.5) is 0 Å². The lowest BCUT2D eigenvalue weighted by atomic mass is 10.1. The van der Waals surface area contributed by atoms with Crippen LogP contribution in [0.5, 0.6) is 0 Å². The summed E-state index contributed by atoms with van der Waals surface area (Å²) in [6.07, 6.45) is -0.0150. The summed E-state index contributed by atoms with van der Waals surface area (Å²) in [6, 6.07) is 8.14. The molecule has 1 fully saturated rings. The van der Waals surface area contributed by atoms with Crippen molar-refractivity contribution in [3.8, 4) is 0 Å². The van der Waals surface area contributed by atoms with Crippen molar-refractivity contribution in [2.45, 2.75) is 13.1 Å². The fourth-order valence-corrected chi connectivity index (χ4v) is 2.15. The normalized spacial score (nSPS) is 20.0. The number of rotatable bonds is 4. The van der Waals surface area contributed by atoms with Crippen LogP contribution in [0.15, 0.2) is 24.3 Å². The molecule has 1 aromatic rings. The highest BCUT2D eigenvalue weighted by Crippen LogP contribution is 2.24. The topological polar surface area (TPSA) is 41.6 Å². The number of nitrogens with zero attached hydrogens (tertiary/aromatic N) is 1. The van der Waals surface area contributed by atoms with Crippen LogP contribution in [0.25, 0.3) is 0 Å². The Hall–Kier alpha value is -1.39. The summed E-state index contributed by atoms with van der Waals surface area (Å²) >= 11 is 0. The highest BCUT2D eigenvalue weighted by molar-refractivity contribution is 5.81. The van der Waals surface area contributed by atoms with Crippen LogP contribution < -0.4 is 5.32 Å². The zero-order chi connectivity index (χ0) is 12.3. The van der Waals surface area contributed by atoms with Crippen molar-refractivity contribution in [3.63, 3.8) is 0 Å². The van der Waals surface area contributed by atoms with Crippen molar-refractivity contribution in [2.24, 2.45) is 0 Å². The molecule has 0 aliphatic carbocycles. The Bertz CT molecular complexity index is 406. The Morgan fingerprint density at radius 3 is 2.94 bits per heavy atom. The van der Waals surface area contributed by atoms with Gasteiger partial charge in [0.25, 0.3) is 0 Å². The van der Waals surface area contributed by atoms with E-state index >= 15 is 0 Å². The van der Waals surface area contributed by atoms with Crippen LogP contribution in [0.2, 0.25) is 0 Å². The average Bonchev–Trinajstić information content (AvgIpc) is 2.69. The van der Waals surface area contributed by atoms with E-state index in [1.807, 2.05) is 17.0 Å². The summed E-state index contributed by atoms with van der Waals surface area (Å²) in [6.45, 7) is 3.66. The van der Waals surface area contributed by atoms with E-state index in [0.29, 0.717) is 19.7 Å². The van der Waals surface area contributed by atoms with Gasteiger partial charge in [0.2, 0.25) is 5.91 Å². The maximum atomic E-state index is 11.8. The maximum absolute atomic E-state index is 11.8. The molecule has 0 radical (unpaired) electrons. The third-order valence-corrected chi connectivity index (χ3v) is 3.10. The van der Waals surface area contributed by atoms with Gasteiger partial charge < -0.3 is 9.64 Å². The van der Waals surface area contributed by atoms with Gasteiger partial charge in [-0.15, -0.1) is 0 Å². The lowest BCUT2D eigenvalue weighted by Gasteiger charge is -2.25. The van der Waals surface area contributed by atoms with Crippen molar-refractivity contribution in [3.05, 3.63) is 35.4 Å². The summed E-state index contributed by atoms with van der Waals surface area (Å²) in [4.78, 5) is 13.6. The summed E-state index contributed by atoms with van der Waals surface area (Å²) in [5, 5.41) is 3.24. The van der Waals surface area contributed by atoms with Gasteiger partial charge in [-0.25, -0.2) is 0 Å². The second-order valence-corrected chi connectivity index (χ2v) is 4.22. The molecular weight excluding hydrogens is 216 g/mol. The number of ether oxygens (including phenoxy) is 1. The minimum Gasteiger partial charge on any atom is -0.383 e. The van der Waals surface area contributed by atoms with Gasteiger partial charge in [-0.05, 0) is 18.1 Å². The summed E-state index contributed by atoms with van der Waals surface area (Å²) in [5.74, 6) is 0.135. The van der Waals surface area contributed by atoms with E-state index in [4.69, 9.17) is 4.74 Å². The predicted molar refractivity (Wildman–Crippen MR) is 65.5 cm³/mol. The van der Waals surface area contributed by atoms with Gasteiger partial charge in [0.1, 0.15) is 6.17 Å². The van der Waals surface area contributed by atoms with Crippen molar-refractivity contribution in [1.29, 1.82) is 0 Å². The van der Waals surface area contributed by atoms with E-state index in [1.165, 1.54) is 5.56 Å². The van der Waals surface area contributed by atoms with Crippen LogP contribution in [0.1, 0.15) is 17.3 Å². The SMILES string of the molecule is COCCN1C(=O)CNC1c1ccccc1C. The number of benzene rings is 1. The number of aryl methyl sites for hydroxylation is 1. The molecule has 17 heavy (non-hydrogen) atoms. The molecule has 92 valence electrons. The van der Waals surface area contributed by atoms with Gasteiger partial charge in [-0.3, -0.25) is 10.1 Å². The average molecular weight is 234 g/mol. The first-order valence-corrected chi connectivity index (χ1v) is 5.81. The number of carbonyl (C=O) groups is 1. The van der Waals surface area contributed by atoms with Crippen LogP contribution in [0, 0.1) is 6.92 Å². The molecule has 0 saturated carbocycles. The van der Waals surface area contributed by atoms with Crippen molar-refractivity contribution in [1.82, 2.24) is 10.2 Å². The van der Waals surface area contributed by atoms with Gasteiger partial charge in [0.05, 0.1) is 13.2 Å². The molecule has 1 heterocycles. The summed E-state index contributed by atoms with van der Waals surface area (Å²) < 4.78 is 5.04. The molecule has 4 nitrogen and oxygen atoms in total. The van der Waals surface area contributed by atoms with E-state index in [0.717, 1.165) is 5.56 Å². The van der Waals surface area contributed by atoms with E-state index < -0.39 is 0 Å². The molecule has 1 amide bonds. The molecule has 1 aliphatic rings. The number of carbonyl (C=O) groups excluding carboxylic acids is 1. The molecule has 1 atom stereocenters. The fraction of sp³-hybridized carbons (Fsp3) is 0.462. The lowest BCUT2D eigenvalue weighted by molar-refractivity contribution is -0.128. The first-order chi connectivity index (χ1) is 8.24. The monoisotopic (exact) mass is 234 g/mol. The van der Waals surface area contributed by atoms with Crippen LogP contribution in [0.3, 0.4) is 0 Å². The predicted octanol–water partition coefficient (Wildman–Crippen LogP) is 1.07. The molecule has 1 saturated heterocycles. The molecule has 1 unspecified atom stereocenters. The quantitative estimate of drug-likeness (QED) is 0.847. The second kappa shape index (κ2) is 5.29. The molecule has 2 rings (SSSR count). The Labute approximate surface area is 102 Å². The first kappa shape index (κ1) is 12.1. The summed E-state index contributed by atoms with van der Waals surface area (Å²) in [5.41, 5.74) is 2.36. The second-order valence-electron chi connectivity index (χ2n) is 4.22. The molecule has 1 aromatic carbocycles. The van der Waals surface area contributed by atoms with Gasteiger partial charge in [-0.2, -0.15) is 0 Å². The molecule has 1 N–H and O–H groups in total. The third kappa shape index (κ3) is 2.48. The Kier molecular flexibility index (Phi) is 3.76. The number of amides is 1. The van der Waals surface area contributed by atoms with Crippen LogP contribution in [-0.4, -0.2) is 37.6 Å². The highest BCUT2D eigenvalue weighted by atomic mass is 16.5. The molecule has 4 heteroatoms. The van der Waals surface area contributed by atoms with Crippen molar-refractivity contribution < 1.29 is 9.53 Å². The number of hydrogen-bond acceptors (Lipinski definition) is 3. The van der Waals surface area contributed by atoms with E-state index in [-0.39, 0.29) is 12.1 Å². The number of hydrogen-bond donors (Lipinski definition) is 1. The molecular formula is C13H18N2O2. The Morgan fingerprint density at radius 1 is 1.47 bits per heavy atom. The van der Waals surface area contributed by atoms with Gasteiger partial charge >= 0.3 is 0 Å². The van der Waals surface area contributed by atoms with Gasteiger partial charge in [0.15, 0.2) is 0 Å². The number of methoxy groups -OCH3 is 1. The fourth-order valence-electron chi connectivity index (χ4n) is 2.15. The number of nitrogens with one attached hydrogen (secondary N) is 1. The molecule has 0 bridgehead atoms. The van der Waals surface area contributed by atoms with Crippen molar-refractivity contribution >= 4 is 5.91 Å². The minimum absolute atomic E-state index is 0.0150. The summed E-state index contributed by atoms with van der Waals surface area (Å²) in [7, 11) is 1.65. The molecule has 0 aromatic heterocycles. The highest BCUT2D eigenvalue weighted by Gasteiger charge is 2.31. The smallest absolute Gasteiger partial charge is 0.238 e. The Balaban J connectivity index is 2.19. The van der Waals surface area contributed by atoms with E-state index in [2.05, 4.69) is 24.4 Å². The largest absolute Gasteiger partial charge is 0.383 e. The zero-order valence-corrected chi connectivity index (χ0v) is 10.3. The van der Waals surface area contributed by atoms with E-state index in [1.54, 1.807) is 7.11 Å². The van der Waals surface area contributed by atoms with Gasteiger partial charge in [0, 0.05) is 13.7 Å². The van der Waals surface area contributed by atoms with Crippen LogP contribution in [-0.2, 0) is 9.53 Å². The Morgan fingerprint density at radius 2 is 2.24 bits per heavy atom. The van der Waals surface area contributed by atoms with Crippen LogP contribution >= 0.6 is 0 Å². The molecule has 0 spiro atoms. The first-order valence-electron chi connectivity index (χ1n) is 5.81. The minimum atomic E-state index is -0.0150.